The summed E-state index contributed by atoms with van der Waals surface area (Å²) in [6.07, 6.45) is 13.9. The molecule has 0 bridgehead atoms. The third kappa shape index (κ3) is 15.4. The van der Waals surface area contributed by atoms with Crippen molar-refractivity contribution in [3.63, 3.8) is 0 Å². The number of terminal acetylenes is 1. The monoisotopic (exact) mass is 1020 g/mol. The van der Waals surface area contributed by atoms with Crippen LogP contribution in [-0.2, 0) is 39.1 Å². The Balaban J connectivity index is 0.000000227. The smallest absolute Gasteiger partial charge is 0.289 e. The third-order valence-electron chi connectivity index (χ3n) is 13.2. The predicted octanol–water partition coefficient (Wildman–Crippen LogP) is 6.83. The molecule has 2 N–H and O–H groups in total. The molecule has 2 saturated heterocycles. The minimum atomic E-state index is -3.94. The maximum atomic E-state index is 13.0. The number of carbonyl (C=O) groups excluding carboxylic acids is 2. The van der Waals surface area contributed by atoms with Crippen molar-refractivity contribution >= 4 is 54.8 Å². The maximum absolute atomic E-state index is 13.0. The summed E-state index contributed by atoms with van der Waals surface area (Å²) in [5.41, 5.74) is -1.57. The lowest BCUT2D eigenvalue weighted by atomic mass is 9.73. The lowest BCUT2D eigenvalue weighted by molar-refractivity contribution is -0.385. The Hall–Kier alpha value is -4.67. The SMILES string of the molecule is C#CC1CC1.CC.CC1(C(=O)N2CCOCC2)CCC(NS(=O)(=O)c2ccc(C#CC3CC3)c([N+](=O)[O-])c2)CC1.CC1(C(=O)N2CCOCC2)CCC(NS(=O)(=O)c2ccc(Cl)c([N+](=O)[O-])c2)CC1. The van der Waals surface area contributed by atoms with Gasteiger partial charge >= 0.3 is 0 Å². The van der Waals surface area contributed by atoms with Gasteiger partial charge in [0.15, 0.2) is 0 Å². The summed E-state index contributed by atoms with van der Waals surface area (Å²) in [6, 6.07) is 6.59. The molecule has 0 atom stereocenters. The molecule has 21 heteroatoms. The van der Waals surface area contributed by atoms with Gasteiger partial charge in [-0.1, -0.05) is 51.1 Å². The van der Waals surface area contributed by atoms with Crippen LogP contribution in [0.2, 0.25) is 5.02 Å². The van der Waals surface area contributed by atoms with E-state index in [2.05, 4.69) is 27.2 Å². The zero-order valence-electron chi connectivity index (χ0n) is 39.9. The largest absolute Gasteiger partial charge is 0.378 e. The number of amides is 2. The molecule has 0 aromatic heterocycles. The van der Waals surface area contributed by atoms with E-state index in [0.717, 1.165) is 25.0 Å². The lowest BCUT2D eigenvalue weighted by Crippen LogP contribution is -2.50. The summed E-state index contributed by atoms with van der Waals surface area (Å²) >= 11 is 5.76. The van der Waals surface area contributed by atoms with Gasteiger partial charge in [0.2, 0.25) is 31.9 Å². The number of rotatable bonds is 10. The number of hydrogen-bond acceptors (Lipinski definition) is 12. The first-order chi connectivity index (χ1) is 32.7. The predicted molar refractivity (Wildman–Crippen MR) is 260 cm³/mol. The van der Waals surface area contributed by atoms with Crippen molar-refractivity contribution < 1.29 is 45.7 Å². The molecule has 18 nitrogen and oxygen atoms in total. The number of morpholine rings is 2. The first kappa shape index (κ1) is 55.3. The quantitative estimate of drug-likeness (QED) is 0.142. The summed E-state index contributed by atoms with van der Waals surface area (Å²) < 4.78 is 67.1. The fourth-order valence-electron chi connectivity index (χ4n) is 8.44. The molecule has 2 aromatic rings. The summed E-state index contributed by atoms with van der Waals surface area (Å²) in [7, 11) is -7.88. The number of hydrogen-bond donors (Lipinski definition) is 2. The van der Waals surface area contributed by atoms with Gasteiger partial charge in [-0.05, 0) is 101 Å². The zero-order valence-corrected chi connectivity index (χ0v) is 42.3. The number of benzene rings is 2. The fraction of sp³-hybridized carbons (Fsp3) is 0.625. The van der Waals surface area contributed by atoms with Crippen LogP contribution < -0.4 is 9.44 Å². The molecule has 6 fully saturated rings. The highest BCUT2D eigenvalue weighted by atomic mass is 35.5. The Morgan fingerprint density at radius 2 is 1.07 bits per heavy atom. The zero-order chi connectivity index (χ0) is 50.6. The van der Waals surface area contributed by atoms with E-state index in [0.29, 0.717) is 110 Å². The Kier molecular flexibility index (Phi) is 19.6. The van der Waals surface area contributed by atoms with Crippen LogP contribution in [0, 0.1) is 67.1 Å². The second-order valence-electron chi connectivity index (χ2n) is 18.5. The highest BCUT2D eigenvalue weighted by Gasteiger charge is 2.43. The molecule has 2 aliphatic heterocycles. The van der Waals surface area contributed by atoms with Crippen molar-refractivity contribution in [3.8, 4) is 24.2 Å². The number of ether oxygens (including phenoxy) is 2. The van der Waals surface area contributed by atoms with Crippen LogP contribution in [0.15, 0.2) is 46.2 Å². The number of nitrogens with one attached hydrogen (secondary N) is 2. The second-order valence-corrected chi connectivity index (χ2v) is 22.3. The van der Waals surface area contributed by atoms with Crippen LogP contribution in [-0.4, -0.2) is 113 Å². The van der Waals surface area contributed by atoms with Gasteiger partial charge < -0.3 is 19.3 Å². The Bertz CT molecular complexity index is 2490. The van der Waals surface area contributed by atoms with Gasteiger partial charge in [0.05, 0.1) is 46.1 Å². The van der Waals surface area contributed by atoms with Crippen molar-refractivity contribution in [1.29, 1.82) is 0 Å². The van der Waals surface area contributed by atoms with Crippen LogP contribution in [0.25, 0.3) is 0 Å². The number of sulfonamides is 2. The lowest BCUT2D eigenvalue weighted by Gasteiger charge is -2.40. The van der Waals surface area contributed by atoms with Crippen molar-refractivity contribution in [2.45, 2.75) is 127 Å². The topological polar surface area (TPSA) is 238 Å². The van der Waals surface area contributed by atoms with E-state index in [9.17, 15) is 46.7 Å². The van der Waals surface area contributed by atoms with Crippen molar-refractivity contribution in [3.05, 3.63) is 67.2 Å². The minimum Gasteiger partial charge on any atom is -0.378 e. The van der Waals surface area contributed by atoms with E-state index in [1.165, 1.54) is 37.1 Å². The van der Waals surface area contributed by atoms with Gasteiger partial charge in [-0.2, -0.15) is 0 Å². The summed E-state index contributed by atoms with van der Waals surface area (Å²) in [5.74, 6) is 9.56. The van der Waals surface area contributed by atoms with E-state index >= 15 is 0 Å². The molecule has 6 aliphatic rings. The number of nitrogens with zero attached hydrogens (tertiary/aromatic N) is 4. The van der Waals surface area contributed by atoms with E-state index in [1.54, 1.807) is 0 Å². The molecule has 4 saturated carbocycles. The summed E-state index contributed by atoms with van der Waals surface area (Å²) in [6.45, 7) is 12.4. The first-order valence-corrected chi connectivity index (χ1v) is 27.1. The summed E-state index contributed by atoms with van der Waals surface area (Å²) in [4.78, 5) is 50.4. The Morgan fingerprint density at radius 3 is 1.43 bits per heavy atom. The van der Waals surface area contributed by atoms with E-state index < -0.39 is 46.4 Å². The van der Waals surface area contributed by atoms with Gasteiger partial charge in [0.25, 0.3) is 11.4 Å². The van der Waals surface area contributed by atoms with Crippen LogP contribution in [0.3, 0.4) is 0 Å². The molecular formula is C48H65ClN6O12S2. The van der Waals surface area contributed by atoms with Crippen LogP contribution in [0.1, 0.15) is 110 Å². The fourth-order valence-corrected chi connectivity index (χ4v) is 11.3. The standard InChI is InChI=1S/C23H29N3O6S.C18H24ClN3O6S.C5H6.C2H6/c1-23(22(27)25-12-14-32-15-13-25)10-8-19(9-11-23)24-33(30,31)20-7-6-18(5-4-17-2-3-17)21(16-20)26(28)29;1-18(17(23)21-8-10-28-11-9-21)6-4-13(5-7-18)20-29(26,27)14-2-3-15(19)16(12-14)22(24)25;1-2-5-3-4-5;1-2/h6-7,16-17,19,24H,2-3,8-15H2,1H3;2-3,12-13,20H,4-11H2,1H3;1,5H,3-4H2;1-2H3. The Labute approximate surface area is 411 Å². The number of carbonyl (C=O) groups is 2. The first-order valence-electron chi connectivity index (χ1n) is 23.7. The number of nitro benzene ring substituents is 2. The van der Waals surface area contributed by atoms with E-state index in [-0.39, 0.29) is 55.9 Å². The van der Waals surface area contributed by atoms with Gasteiger partial charge in [-0.15, -0.1) is 12.3 Å². The molecule has 2 heterocycles. The molecule has 0 spiro atoms. The van der Waals surface area contributed by atoms with Gasteiger partial charge in [-0.25, -0.2) is 26.3 Å². The third-order valence-corrected chi connectivity index (χ3v) is 16.5. The van der Waals surface area contributed by atoms with Crippen LogP contribution in [0.5, 0.6) is 0 Å². The Morgan fingerprint density at radius 1 is 0.681 bits per heavy atom. The average Bonchev–Trinajstić information content (AvgIpc) is 4.30. The minimum absolute atomic E-state index is 0.0930. The maximum Gasteiger partial charge on any atom is 0.289 e. The molecule has 2 amide bonds. The molecule has 69 heavy (non-hydrogen) atoms. The van der Waals surface area contributed by atoms with Crippen molar-refractivity contribution in [1.82, 2.24) is 19.2 Å². The second kappa shape index (κ2) is 24.4. The molecule has 8 rings (SSSR count). The number of nitro groups is 2. The van der Waals surface area contributed by atoms with Gasteiger partial charge in [-0.3, -0.25) is 29.8 Å². The molecule has 0 radical (unpaired) electrons. The molecule has 2 aromatic carbocycles. The van der Waals surface area contributed by atoms with Crippen LogP contribution in [0.4, 0.5) is 11.4 Å². The highest BCUT2D eigenvalue weighted by molar-refractivity contribution is 7.89. The van der Waals surface area contributed by atoms with Gasteiger partial charge in [0.1, 0.15) is 10.6 Å². The molecule has 378 valence electrons. The van der Waals surface area contributed by atoms with Crippen molar-refractivity contribution in [2.24, 2.45) is 22.7 Å². The molecule has 0 unspecified atom stereocenters. The number of halogens is 1. The summed E-state index contributed by atoms with van der Waals surface area (Å²) in [5, 5.41) is 22.4. The van der Waals surface area contributed by atoms with Crippen LogP contribution >= 0.6 is 11.6 Å². The molecule has 4 aliphatic carbocycles. The van der Waals surface area contributed by atoms with E-state index in [1.807, 2.05) is 37.5 Å². The van der Waals surface area contributed by atoms with Crippen molar-refractivity contribution in [2.75, 3.05) is 52.6 Å². The van der Waals surface area contributed by atoms with E-state index in [4.69, 9.17) is 27.5 Å². The highest BCUT2D eigenvalue weighted by Crippen LogP contribution is 2.40. The average molecular weight is 1020 g/mol. The molecular weight excluding hydrogens is 952 g/mol. The normalized spacial score (nSPS) is 24.7. The van der Waals surface area contributed by atoms with Gasteiger partial charge in [0, 0.05) is 73.1 Å².